The lowest BCUT2D eigenvalue weighted by Crippen LogP contribution is -2.33. The molecule has 4 heteroatoms. The van der Waals surface area contributed by atoms with Crippen molar-refractivity contribution in [3.8, 4) is 17.6 Å². The van der Waals surface area contributed by atoms with Crippen LogP contribution in [0.2, 0.25) is 0 Å². The van der Waals surface area contributed by atoms with Crippen LogP contribution in [-0.4, -0.2) is 25.5 Å². The van der Waals surface area contributed by atoms with Gasteiger partial charge < -0.3 is 9.47 Å². The Balaban J connectivity index is 2.04. The minimum Gasteiger partial charge on any atom is -0.496 e. The molecular formula is C21H26O4. The van der Waals surface area contributed by atoms with Gasteiger partial charge in [-0.15, -0.1) is 0 Å². The molecule has 0 aliphatic heterocycles. The van der Waals surface area contributed by atoms with Gasteiger partial charge in [-0.05, 0) is 57.2 Å². The van der Waals surface area contributed by atoms with E-state index in [2.05, 4.69) is 11.8 Å². The third-order valence-corrected chi connectivity index (χ3v) is 4.79. The Morgan fingerprint density at radius 1 is 1.36 bits per heavy atom. The number of methoxy groups -OCH3 is 1. The lowest BCUT2D eigenvalue weighted by Gasteiger charge is -2.34. The summed E-state index contributed by atoms with van der Waals surface area (Å²) in [6.45, 7) is 6.10. The highest BCUT2D eigenvalue weighted by atomic mass is 16.5. The van der Waals surface area contributed by atoms with Gasteiger partial charge in [-0.1, -0.05) is 12.8 Å². The van der Waals surface area contributed by atoms with Crippen LogP contribution < -0.4 is 4.74 Å². The second-order valence-electron chi connectivity index (χ2n) is 6.76. The molecule has 4 nitrogen and oxygen atoms in total. The molecule has 0 bridgehead atoms. The summed E-state index contributed by atoms with van der Waals surface area (Å²) >= 11 is 0. The highest BCUT2D eigenvalue weighted by Crippen LogP contribution is 2.42. The van der Waals surface area contributed by atoms with E-state index in [1.165, 1.54) is 0 Å². The van der Waals surface area contributed by atoms with E-state index >= 15 is 0 Å². The van der Waals surface area contributed by atoms with Gasteiger partial charge in [0, 0.05) is 28.9 Å². The van der Waals surface area contributed by atoms with E-state index in [-0.39, 0.29) is 11.2 Å². The maximum atomic E-state index is 13.1. The van der Waals surface area contributed by atoms with Gasteiger partial charge in [-0.25, -0.2) is 4.79 Å². The van der Waals surface area contributed by atoms with Crippen LogP contribution in [0.3, 0.4) is 0 Å². The van der Waals surface area contributed by atoms with Crippen LogP contribution in [0.25, 0.3) is 0 Å². The van der Waals surface area contributed by atoms with Crippen molar-refractivity contribution < 1.29 is 19.1 Å². The zero-order valence-corrected chi connectivity index (χ0v) is 15.5. The number of carbonyl (C=O) groups excluding carboxylic acids is 2. The third kappa shape index (κ3) is 4.42. The molecule has 0 spiro atoms. The van der Waals surface area contributed by atoms with Crippen molar-refractivity contribution in [3.05, 3.63) is 28.8 Å². The molecular weight excluding hydrogens is 316 g/mol. The van der Waals surface area contributed by atoms with Gasteiger partial charge in [0.05, 0.1) is 13.7 Å². The third-order valence-electron chi connectivity index (χ3n) is 4.79. The number of ether oxygens (including phenoxy) is 2. The number of ketones is 1. The van der Waals surface area contributed by atoms with Gasteiger partial charge in [0.1, 0.15) is 5.75 Å². The molecule has 0 fully saturated rings. The second kappa shape index (κ2) is 8.20. The molecule has 1 aliphatic rings. The van der Waals surface area contributed by atoms with Gasteiger partial charge >= 0.3 is 5.97 Å². The van der Waals surface area contributed by atoms with Crippen molar-refractivity contribution >= 4 is 11.8 Å². The minimum atomic E-state index is -0.487. The van der Waals surface area contributed by atoms with Crippen LogP contribution in [0.4, 0.5) is 0 Å². The predicted octanol–water partition coefficient (Wildman–Crippen LogP) is 3.88. The molecule has 25 heavy (non-hydrogen) atoms. The van der Waals surface area contributed by atoms with Crippen LogP contribution in [0.1, 0.15) is 61.0 Å². The number of hydrogen-bond donors (Lipinski definition) is 0. The molecule has 0 saturated carbocycles. The number of benzene rings is 1. The molecule has 1 aliphatic carbocycles. The van der Waals surface area contributed by atoms with Crippen molar-refractivity contribution in [3.63, 3.8) is 0 Å². The van der Waals surface area contributed by atoms with Crippen molar-refractivity contribution in [2.75, 3.05) is 13.7 Å². The zero-order chi connectivity index (χ0) is 18.4. The second-order valence-corrected chi connectivity index (χ2v) is 6.76. The lowest BCUT2D eigenvalue weighted by molar-refractivity contribution is -0.136. The minimum absolute atomic E-state index is 0.189. The molecule has 1 aromatic rings. The van der Waals surface area contributed by atoms with E-state index in [0.29, 0.717) is 13.0 Å². The Hall–Kier alpha value is -2.28. The summed E-state index contributed by atoms with van der Waals surface area (Å²) in [5.74, 6) is 5.82. The maximum Gasteiger partial charge on any atom is 0.384 e. The average Bonchev–Trinajstić information content (AvgIpc) is 2.58. The lowest BCUT2D eigenvalue weighted by atomic mass is 9.69. The first-order valence-corrected chi connectivity index (χ1v) is 8.79. The van der Waals surface area contributed by atoms with Crippen LogP contribution >= 0.6 is 0 Å². The molecule has 2 rings (SSSR count). The smallest absolute Gasteiger partial charge is 0.384 e. The summed E-state index contributed by atoms with van der Waals surface area (Å²) in [5, 5.41) is 0. The molecule has 1 unspecified atom stereocenters. The first-order chi connectivity index (χ1) is 11.9. The Labute approximate surface area is 149 Å². The number of unbranched alkanes of at least 4 members (excludes halogenated alkanes) is 1. The molecule has 0 aromatic heterocycles. The van der Waals surface area contributed by atoms with E-state index in [1.807, 2.05) is 26.0 Å². The number of rotatable bonds is 5. The largest absolute Gasteiger partial charge is 0.496 e. The highest BCUT2D eigenvalue weighted by Gasteiger charge is 2.38. The van der Waals surface area contributed by atoms with E-state index < -0.39 is 5.97 Å². The first-order valence-electron chi connectivity index (χ1n) is 8.79. The number of fused-ring (bicyclic) bond motifs is 1. The molecule has 1 atom stereocenters. The van der Waals surface area contributed by atoms with Crippen LogP contribution in [0.5, 0.6) is 5.75 Å². The van der Waals surface area contributed by atoms with Gasteiger partial charge in [-0.2, -0.15) is 0 Å². The number of esters is 1. The fraction of sp³-hybridized carbons (Fsp3) is 0.524. The SMILES string of the molecule is CCOC(=O)C#CCCCC1(C)CCc2c(OC)cc(C)cc2C1=O. The number of Topliss-reactive ketones (excluding diaryl/α,β-unsaturated/α-hetero) is 1. The molecule has 0 saturated heterocycles. The molecule has 0 amide bonds. The summed E-state index contributed by atoms with van der Waals surface area (Å²) in [6, 6.07) is 3.96. The van der Waals surface area contributed by atoms with Gasteiger partial charge in [0.25, 0.3) is 0 Å². The first kappa shape index (κ1) is 19.1. The van der Waals surface area contributed by atoms with E-state index in [1.54, 1.807) is 14.0 Å². The molecule has 0 radical (unpaired) electrons. The van der Waals surface area contributed by atoms with E-state index in [4.69, 9.17) is 9.47 Å². The Kier molecular flexibility index (Phi) is 6.25. The van der Waals surface area contributed by atoms with Crippen molar-refractivity contribution in [2.24, 2.45) is 5.41 Å². The Morgan fingerprint density at radius 3 is 2.80 bits per heavy atom. The predicted molar refractivity (Wildman–Crippen MR) is 96.7 cm³/mol. The van der Waals surface area contributed by atoms with Gasteiger partial charge in [0.15, 0.2) is 5.78 Å². The normalized spacial score (nSPS) is 18.8. The van der Waals surface area contributed by atoms with E-state index in [9.17, 15) is 9.59 Å². The summed E-state index contributed by atoms with van der Waals surface area (Å²) in [4.78, 5) is 24.2. The highest BCUT2D eigenvalue weighted by molar-refractivity contribution is 6.03. The fourth-order valence-electron chi connectivity index (χ4n) is 3.37. The molecule has 134 valence electrons. The van der Waals surface area contributed by atoms with Crippen molar-refractivity contribution in [1.29, 1.82) is 0 Å². The average molecular weight is 342 g/mol. The summed E-state index contributed by atoms with van der Waals surface area (Å²) < 4.78 is 10.2. The number of aryl methyl sites for hydroxylation is 1. The van der Waals surface area contributed by atoms with Crippen LogP contribution in [0.15, 0.2) is 12.1 Å². The standard InChI is InChI=1S/C21H26O4/c1-5-25-19(22)9-7-6-8-11-21(3)12-10-16-17(20(21)23)13-15(2)14-18(16)24-4/h13-14H,5-6,8,10-12H2,1-4H3. The molecule has 0 N–H and O–H groups in total. The summed E-state index contributed by atoms with van der Waals surface area (Å²) in [7, 11) is 1.65. The van der Waals surface area contributed by atoms with Gasteiger partial charge in [-0.3, -0.25) is 4.79 Å². The van der Waals surface area contributed by atoms with E-state index in [0.717, 1.165) is 48.1 Å². The summed E-state index contributed by atoms with van der Waals surface area (Å²) in [6.07, 6.45) is 3.79. The van der Waals surface area contributed by atoms with Crippen molar-refractivity contribution in [1.82, 2.24) is 0 Å². The number of hydrogen-bond acceptors (Lipinski definition) is 4. The Bertz CT molecular complexity index is 723. The Morgan fingerprint density at radius 2 is 2.12 bits per heavy atom. The number of carbonyl (C=O) groups is 2. The molecule has 0 heterocycles. The van der Waals surface area contributed by atoms with Gasteiger partial charge in [0.2, 0.25) is 0 Å². The fourth-order valence-corrected chi connectivity index (χ4v) is 3.37. The molecule has 1 aromatic carbocycles. The maximum absolute atomic E-state index is 13.1. The summed E-state index contributed by atoms with van der Waals surface area (Å²) in [5.41, 5.74) is 2.48. The topological polar surface area (TPSA) is 52.6 Å². The monoisotopic (exact) mass is 342 g/mol. The van der Waals surface area contributed by atoms with Crippen LogP contribution in [0, 0.1) is 24.2 Å². The van der Waals surface area contributed by atoms with Crippen LogP contribution in [-0.2, 0) is 16.0 Å². The van der Waals surface area contributed by atoms with Crippen molar-refractivity contribution in [2.45, 2.75) is 52.9 Å². The quantitative estimate of drug-likeness (QED) is 0.353. The zero-order valence-electron chi connectivity index (χ0n) is 15.5.